The number of likely N-dealkylation sites (tertiary alicyclic amines) is 1. The number of rotatable bonds is 5. The fraction of sp³-hybridized carbons (Fsp3) is 0.923. The van der Waals surface area contributed by atoms with E-state index in [1.165, 1.54) is 13.0 Å². The van der Waals surface area contributed by atoms with Gasteiger partial charge >= 0.3 is 0 Å². The van der Waals surface area contributed by atoms with Crippen LogP contribution in [0.1, 0.15) is 39.5 Å². The highest BCUT2D eigenvalue weighted by Crippen LogP contribution is 2.18. The summed E-state index contributed by atoms with van der Waals surface area (Å²) in [5.41, 5.74) is 0. The van der Waals surface area contributed by atoms with Crippen molar-refractivity contribution in [3.05, 3.63) is 0 Å². The summed E-state index contributed by atoms with van der Waals surface area (Å²) in [6.45, 7) is 7.72. The fourth-order valence-electron chi connectivity index (χ4n) is 2.42. The van der Waals surface area contributed by atoms with E-state index in [2.05, 4.69) is 27.8 Å². The first-order valence-corrected chi connectivity index (χ1v) is 7.64. The minimum Gasteiger partial charge on any atom is -0.342 e. The van der Waals surface area contributed by atoms with Gasteiger partial charge in [-0.25, -0.2) is 0 Å². The van der Waals surface area contributed by atoms with E-state index in [9.17, 15) is 4.79 Å². The van der Waals surface area contributed by atoms with Crippen LogP contribution in [-0.2, 0) is 4.79 Å². The molecule has 1 rings (SSSR count). The van der Waals surface area contributed by atoms with Crippen molar-refractivity contribution in [1.82, 2.24) is 9.80 Å². The molecule has 1 unspecified atom stereocenters. The van der Waals surface area contributed by atoms with Gasteiger partial charge in [0.15, 0.2) is 0 Å². The fourth-order valence-corrected chi connectivity index (χ4v) is 2.74. The number of hydrogen-bond acceptors (Lipinski definition) is 2. The van der Waals surface area contributed by atoms with E-state index in [-0.39, 0.29) is 10.7 Å². The van der Waals surface area contributed by atoms with Crippen LogP contribution in [0.4, 0.5) is 0 Å². The van der Waals surface area contributed by atoms with E-state index < -0.39 is 0 Å². The number of hydrogen-bond donors (Lipinski definition) is 0. The molecular weight excluding hydrogens is 280 g/mol. The lowest BCUT2D eigenvalue weighted by Gasteiger charge is -2.37. The summed E-state index contributed by atoms with van der Waals surface area (Å²) in [4.78, 5) is 16.5. The molecule has 0 bridgehead atoms. The van der Waals surface area contributed by atoms with Crippen molar-refractivity contribution >= 4 is 21.8 Å². The molecule has 1 heterocycles. The van der Waals surface area contributed by atoms with Crippen LogP contribution in [0.3, 0.4) is 0 Å². The van der Waals surface area contributed by atoms with Crippen LogP contribution in [0, 0.1) is 0 Å². The maximum absolute atomic E-state index is 12.0. The van der Waals surface area contributed by atoms with Gasteiger partial charge < -0.3 is 9.80 Å². The molecule has 1 atom stereocenters. The first-order chi connectivity index (χ1) is 8.10. The Kier molecular flexibility index (Phi) is 6.49. The minimum atomic E-state index is -0.0128. The van der Waals surface area contributed by atoms with Gasteiger partial charge in [0.2, 0.25) is 5.91 Å². The lowest BCUT2D eigenvalue weighted by atomic mass is 10.0. The molecule has 1 saturated heterocycles. The second-order valence-electron chi connectivity index (χ2n) is 4.90. The molecule has 0 aromatic carbocycles. The maximum atomic E-state index is 12.0. The minimum absolute atomic E-state index is 0.0128. The first-order valence-electron chi connectivity index (χ1n) is 6.73. The molecule has 4 heteroatoms. The quantitative estimate of drug-likeness (QED) is 0.729. The van der Waals surface area contributed by atoms with Crippen LogP contribution in [0.15, 0.2) is 0 Å². The van der Waals surface area contributed by atoms with Gasteiger partial charge in [-0.15, -0.1) is 0 Å². The van der Waals surface area contributed by atoms with Crippen LogP contribution in [0.25, 0.3) is 0 Å². The number of carbonyl (C=O) groups excluding carboxylic acids is 1. The van der Waals surface area contributed by atoms with Crippen molar-refractivity contribution in [1.29, 1.82) is 0 Å². The Hall–Kier alpha value is -0.0900. The second kappa shape index (κ2) is 7.37. The van der Waals surface area contributed by atoms with Crippen molar-refractivity contribution < 1.29 is 4.79 Å². The summed E-state index contributed by atoms with van der Waals surface area (Å²) in [7, 11) is 1.95. The lowest BCUT2D eigenvalue weighted by molar-refractivity contribution is -0.132. The summed E-state index contributed by atoms with van der Waals surface area (Å²) in [5.74, 6) is 0.237. The highest BCUT2D eigenvalue weighted by molar-refractivity contribution is 9.10. The summed E-state index contributed by atoms with van der Waals surface area (Å²) < 4.78 is 0. The number of amides is 1. The topological polar surface area (TPSA) is 23.6 Å². The molecular formula is C13H25BrN2O. The Morgan fingerprint density at radius 3 is 2.47 bits per heavy atom. The third-order valence-electron chi connectivity index (χ3n) is 3.62. The zero-order chi connectivity index (χ0) is 12.8. The van der Waals surface area contributed by atoms with E-state index >= 15 is 0 Å². The Bertz CT molecular complexity index is 240. The number of nitrogens with zero attached hydrogens (tertiary/aromatic N) is 2. The van der Waals surface area contributed by atoms with Crippen molar-refractivity contribution in [2.75, 3.05) is 26.7 Å². The molecule has 0 saturated carbocycles. The van der Waals surface area contributed by atoms with Crippen molar-refractivity contribution in [2.24, 2.45) is 0 Å². The van der Waals surface area contributed by atoms with E-state index in [0.29, 0.717) is 6.04 Å². The largest absolute Gasteiger partial charge is 0.342 e. The Labute approximate surface area is 114 Å². The van der Waals surface area contributed by atoms with Crippen molar-refractivity contribution in [3.63, 3.8) is 0 Å². The SMILES string of the molecule is CCCN1CCC(N(C)C(=O)C(Br)CC)CC1. The highest BCUT2D eigenvalue weighted by atomic mass is 79.9. The van der Waals surface area contributed by atoms with E-state index in [0.717, 1.165) is 32.4 Å². The lowest BCUT2D eigenvalue weighted by Crippen LogP contribution is -2.47. The zero-order valence-corrected chi connectivity index (χ0v) is 12.9. The molecule has 1 fully saturated rings. The standard InChI is InChI=1S/C13H25BrN2O/c1-4-8-16-9-6-11(7-10-16)15(3)13(17)12(14)5-2/h11-12H,4-10H2,1-3H3. The van der Waals surface area contributed by atoms with E-state index in [1.54, 1.807) is 0 Å². The summed E-state index contributed by atoms with van der Waals surface area (Å²) in [6, 6.07) is 0.433. The molecule has 1 aliphatic heterocycles. The highest BCUT2D eigenvalue weighted by Gasteiger charge is 2.27. The number of carbonyl (C=O) groups is 1. The predicted octanol–water partition coefficient (Wildman–Crippen LogP) is 2.49. The van der Waals surface area contributed by atoms with Gasteiger partial charge in [0.05, 0.1) is 4.83 Å². The molecule has 1 amide bonds. The number of alkyl halides is 1. The molecule has 1 aliphatic rings. The van der Waals surface area contributed by atoms with Gasteiger partial charge in [-0.2, -0.15) is 0 Å². The Morgan fingerprint density at radius 2 is 2.00 bits per heavy atom. The summed E-state index contributed by atoms with van der Waals surface area (Å²) in [5, 5.41) is 0. The normalized spacial score (nSPS) is 20.2. The van der Waals surface area contributed by atoms with Gasteiger partial charge in [0.1, 0.15) is 0 Å². The molecule has 3 nitrogen and oxygen atoms in total. The molecule has 100 valence electrons. The van der Waals surface area contributed by atoms with Crippen LogP contribution in [-0.4, -0.2) is 53.3 Å². The molecule has 0 aromatic rings. The Morgan fingerprint density at radius 1 is 1.41 bits per heavy atom. The van der Waals surface area contributed by atoms with Gasteiger partial charge in [-0.1, -0.05) is 29.8 Å². The van der Waals surface area contributed by atoms with Gasteiger partial charge in [0.25, 0.3) is 0 Å². The zero-order valence-electron chi connectivity index (χ0n) is 11.3. The van der Waals surface area contributed by atoms with Gasteiger partial charge in [-0.3, -0.25) is 4.79 Å². The predicted molar refractivity (Wildman–Crippen MR) is 75.5 cm³/mol. The third-order valence-corrected chi connectivity index (χ3v) is 4.66. The molecule has 0 spiro atoms. The van der Waals surface area contributed by atoms with Crippen LogP contribution >= 0.6 is 15.9 Å². The summed E-state index contributed by atoms with van der Waals surface area (Å²) >= 11 is 3.44. The van der Waals surface area contributed by atoms with Gasteiger partial charge in [0, 0.05) is 26.2 Å². The average molecular weight is 305 g/mol. The third kappa shape index (κ3) is 4.25. The van der Waals surface area contributed by atoms with Crippen LogP contribution in [0.5, 0.6) is 0 Å². The van der Waals surface area contributed by atoms with Crippen LogP contribution < -0.4 is 0 Å². The van der Waals surface area contributed by atoms with E-state index in [4.69, 9.17) is 0 Å². The number of piperidine rings is 1. The first kappa shape index (κ1) is 15.0. The smallest absolute Gasteiger partial charge is 0.236 e. The molecule has 17 heavy (non-hydrogen) atoms. The Balaban J connectivity index is 2.40. The van der Waals surface area contributed by atoms with E-state index in [1.807, 2.05) is 18.9 Å². The maximum Gasteiger partial charge on any atom is 0.236 e. The molecule has 0 aromatic heterocycles. The summed E-state index contributed by atoms with van der Waals surface area (Å²) in [6.07, 6.45) is 4.31. The second-order valence-corrected chi connectivity index (χ2v) is 6.00. The monoisotopic (exact) mass is 304 g/mol. The van der Waals surface area contributed by atoms with Crippen LogP contribution in [0.2, 0.25) is 0 Å². The number of halogens is 1. The molecule has 0 aliphatic carbocycles. The van der Waals surface area contributed by atoms with Crippen molar-refractivity contribution in [2.45, 2.75) is 50.4 Å². The molecule has 0 radical (unpaired) electrons. The van der Waals surface area contributed by atoms with Crippen molar-refractivity contribution in [3.8, 4) is 0 Å². The molecule has 0 N–H and O–H groups in total. The van der Waals surface area contributed by atoms with Gasteiger partial charge in [-0.05, 0) is 32.2 Å². The average Bonchev–Trinajstić information content (AvgIpc) is 2.37.